The first-order chi connectivity index (χ1) is 18.7. The number of para-hydroxylation sites is 2. The second-order valence-corrected chi connectivity index (χ2v) is 9.73. The number of aliphatic hydroxyl groups excluding tert-OH is 1. The van der Waals surface area contributed by atoms with Crippen LogP contribution in [0, 0.1) is 0 Å². The fraction of sp³-hybridized carbons (Fsp3) is 0.219. The second kappa shape index (κ2) is 10.9. The SMILES string of the molecule is NCc1ccc(C2OC(Cn3cnc4ccccc43)C(c3ccccc3)C(c3ccc(CO)cc3)O2)cc1. The van der Waals surface area contributed by atoms with Gasteiger partial charge in [-0.2, -0.15) is 0 Å². The van der Waals surface area contributed by atoms with E-state index in [9.17, 15) is 5.11 Å². The molecule has 4 unspecified atom stereocenters. The number of aromatic nitrogens is 2. The van der Waals surface area contributed by atoms with Crippen LogP contribution in [0.4, 0.5) is 0 Å². The Morgan fingerprint density at radius 1 is 0.737 bits per heavy atom. The summed E-state index contributed by atoms with van der Waals surface area (Å²) >= 11 is 0. The molecule has 1 fully saturated rings. The summed E-state index contributed by atoms with van der Waals surface area (Å²) in [5.41, 5.74) is 12.9. The molecule has 1 aromatic heterocycles. The average molecular weight is 506 g/mol. The zero-order valence-corrected chi connectivity index (χ0v) is 21.1. The third-order valence-electron chi connectivity index (χ3n) is 7.36. The number of imidazole rings is 1. The van der Waals surface area contributed by atoms with Crippen LogP contribution < -0.4 is 5.73 Å². The normalized spacial score (nSPS) is 21.5. The van der Waals surface area contributed by atoms with Crippen LogP contribution in [-0.4, -0.2) is 20.8 Å². The smallest absolute Gasteiger partial charge is 0.185 e. The van der Waals surface area contributed by atoms with Crippen molar-refractivity contribution in [3.05, 3.63) is 137 Å². The summed E-state index contributed by atoms with van der Waals surface area (Å²) in [4.78, 5) is 4.62. The molecule has 4 atom stereocenters. The van der Waals surface area contributed by atoms with E-state index in [-0.39, 0.29) is 24.7 Å². The molecule has 1 aliphatic heterocycles. The topological polar surface area (TPSA) is 82.5 Å². The molecule has 2 heterocycles. The molecule has 192 valence electrons. The van der Waals surface area contributed by atoms with Gasteiger partial charge in [0.2, 0.25) is 0 Å². The molecule has 6 rings (SSSR count). The lowest BCUT2D eigenvalue weighted by Crippen LogP contribution is -2.39. The summed E-state index contributed by atoms with van der Waals surface area (Å²) in [7, 11) is 0. The number of hydrogen-bond donors (Lipinski definition) is 2. The molecule has 0 bridgehead atoms. The van der Waals surface area contributed by atoms with Crippen molar-refractivity contribution in [1.29, 1.82) is 0 Å². The summed E-state index contributed by atoms with van der Waals surface area (Å²) in [6, 6.07) is 34.7. The van der Waals surface area contributed by atoms with Gasteiger partial charge >= 0.3 is 0 Å². The number of rotatable bonds is 7. The number of nitrogens with zero attached hydrogens (tertiary/aromatic N) is 2. The van der Waals surface area contributed by atoms with Crippen molar-refractivity contribution in [2.45, 2.75) is 44.1 Å². The van der Waals surface area contributed by atoms with E-state index in [1.807, 2.05) is 67.0 Å². The van der Waals surface area contributed by atoms with E-state index < -0.39 is 6.29 Å². The molecule has 5 aromatic rings. The third kappa shape index (κ3) is 4.87. The van der Waals surface area contributed by atoms with Gasteiger partial charge in [0.25, 0.3) is 0 Å². The van der Waals surface area contributed by atoms with Gasteiger partial charge in [0.15, 0.2) is 6.29 Å². The van der Waals surface area contributed by atoms with Crippen molar-refractivity contribution in [3.8, 4) is 0 Å². The van der Waals surface area contributed by atoms with Gasteiger partial charge in [-0.25, -0.2) is 4.98 Å². The Hall–Kier alpha value is -3.81. The van der Waals surface area contributed by atoms with Gasteiger partial charge in [-0.05, 0) is 34.4 Å². The fourth-order valence-electron chi connectivity index (χ4n) is 5.33. The van der Waals surface area contributed by atoms with Crippen molar-refractivity contribution in [2.75, 3.05) is 0 Å². The van der Waals surface area contributed by atoms with Gasteiger partial charge in [-0.1, -0.05) is 91.0 Å². The lowest BCUT2D eigenvalue weighted by atomic mass is 9.83. The highest BCUT2D eigenvalue weighted by Crippen LogP contribution is 2.47. The molecule has 6 heteroatoms. The maximum atomic E-state index is 9.61. The Kier molecular flexibility index (Phi) is 7.03. The standard InChI is InChI=1S/C32H31N3O3/c33-18-22-10-16-26(17-11-22)32-37-29(19-35-21-34-27-8-4-5-9-28(27)35)30(24-6-2-1-3-7-24)31(38-32)25-14-12-23(20-36)13-15-25/h1-17,21,29-32,36H,18-20,33H2. The summed E-state index contributed by atoms with van der Waals surface area (Å²) in [6.45, 7) is 1.11. The zero-order valence-electron chi connectivity index (χ0n) is 21.1. The maximum absolute atomic E-state index is 9.61. The predicted octanol–water partition coefficient (Wildman–Crippen LogP) is 5.63. The number of hydrogen-bond acceptors (Lipinski definition) is 5. The monoisotopic (exact) mass is 505 g/mol. The quantitative estimate of drug-likeness (QED) is 0.300. The fourth-order valence-corrected chi connectivity index (χ4v) is 5.33. The largest absolute Gasteiger partial charge is 0.392 e. The van der Waals surface area contributed by atoms with E-state index in [1.165, 1.54) is 0 Å². The maximum Gasteiger partial charge on any atom is 0.185 e. The van der Waals surface area contributed by atoms with E-state index in [0.29, 0.717) is 13.1 Å². The highest BCUT2D eigenvalue weighted by atomic mass is 16.7. The molecule has 38 heavy (non-hydrogen) atoms. The predicted molar refractivity (Wildman–Crippen MR) is 147 cm³/mol. The molecule has 0 amide bonds. The van der Waals surface area contributed by atoms with Crippen LogP contribution in [0.5, 0.6) is 0 Å². The molecule has 0 radical (unpaired) electrons. The minimum atomic E-state index is -0.552. The lowest BCUT2D eigenvalue weighted by molar-refractivity contribution is -0.263. The molecule has 0 aliphatic carbocycles. The van der Waals surface area contributed by atoms with Crippen molar-refractivity contribution < 1.29 is 14.6 Å². The van der Waals surface area contributed by atoms with Crippen molar-refractivity contribution in [3.63, 3.8) is 0 Å². The molecule has 3 N–H and O–H groups in total. The number of nitrogens with two attached hydrogens (primary N) is 1. The van der Waals surface area contributed by atoms with Crippen LogP contribution in [0.2, 0.25) is 0 Å². The van der Waals surface area contributed by atoms with E-state index >= 15 is 0 Å². The first-order valence-corrected chi connectivity index (χ1v) is 13.0. The average Bonchev–Trinajstić information content (AvgIpc) is 3.40. The van der Waals surface area contributed by atoms with Crippen molar-refractivity contribution in [2.24, 2.45) is 5.73 Å². The zero-order chi connectivity index (χ0) is 25.9. The van der Waals surface area contributed by atoms with Crippen LogP contribution in [0.3, 0.4) is 0 Å². The first-order valence-electron chi connectivity index (χ1n) is 13.0. The second-order valence-electron chi connectivity index (χ2n) is 9.73. The highest BCUT2D eigenvalue weighted by Gasteiger charge is 2.42. The van der Waals surface area contributed by atoms with Crippen LogP contribution in [0.15, 0.2) is 109 Å². The molecule has 6 nitrogen and oxygen atoms in total. The number of benzene rings is 4. The van der Waals surface area contributed by atoms with Gasteiger partial charge in [0.05, 0.1) is 42.7 Å². The molecule has 1 saturated heterocycles. The molecular formula is C32H31N3O3. The van der Waals surface area contributed by atoms with E-state index in [2.05, 4.69) is 52.0 Å². The summed E-state index contributed by atoms with van der Waals surface area (Å²) in [6.07, 6.45) is 0.870. The summed E-state index contributed by atoms with van der Waals surface area (Å²) in [5, 5.41) is 9.61. The highest BCUT2D eigenvalue weighted by molar-refractivity contribution is 5.74. The molecule has 1 aliphatic rings. The van der Waals surface area contributed by atoms with Gasteiger partial charge in [-0.3, -0.25) is 0 Å². The van der Waals surface area contributed by atoms with Crippen LogP contribution in [0.1, 0.15) is 46.1 Å². The molecule has 4 aromatic carbocycles. The molecule has 0 spiro atoms. The van der Waals surface area contributed by atoms with Crippen LogP contribution >= 0.6 is 0 Å². The van der Waals surface area contributed by atoms with Gasteiger partial charge in [0.1, 0.15) is 0 Å². The third-order valence-corrected chi connectivity index (χ3v) is 7.36. The number of ether oxygens (including phenoxy) is 2. The number of aliphatic hydroxyl groups is 1. The Morgan fingerprint density at radius 3 is 2.16 bits per heavy atom. The molecule has 0 saturated carbocycles. The number of fused-ring (bicyclic) bond motifs is 1. The van der Waals surface area contributed by atoms with Gasteiger partial charge < -0.3 is 24.9 Å². The Balaban J connectivity index is 1.44. The minimum Gasteiger partial charge on any atom is -0.392 e. The Labute approximate surface area is 222 Å². The van der Waals surface area contributed by atoms with Crippen molar-refractivity contribution in [1.82, 2.24) is 9.55 Å². The first kappa shape index (κ1) is 24.5. The summed E-state index contributed by atoms with van der Waals surface area (Å²) < 4.78 is 15.7. The van der Waals surface area contributed by atoms with E-state index in [0.717, 1.165) is 38.9 Å². The van der Waals surface area contributed by atoms with Crippen LogP contribution in [0.25, 0.3) is 11.0 Å². The minimum absolute atomic E-state index is 0.00345. The van der Waals surface area contributed by atoms with E-state index in [4.69, 9.17) is 15.2 Å². The summed E-state index contributed by atoms with van der Waals surface area (Å²) in [5.74, 6) is -0.0723. The van der Waals surface area contributed by atoms with Gasteiger partial charge in [0, 0.05) is 18.0 Å². The Bertz CT molecular complexity index is 1480. The van der Waals surface area contributed by atoms with Gasteiger partial charge in [-0.15, -0.1) is 0 Å². The van der Waals surface area contributed by atoms with E-state index in [1.54, 1.807) is 0 Å². The lowest BCUT2D eigenvalue weighted by Gasteiger charge is -2.43. The van der Waals surface area contributed by atoms with Crippen molar-refractivity contribution >= 4 is 11.0 Å². The molecular weight excluding hydrogens is 474 g/mol. The Morgan fingerprint density at radius 2 is 1.42 bits per heavy atom. The van der Waals surface area contributed by atoms with Crippen LogP contribution in [-0.2, 0) is 29.2 Å².